The van der Waals surface area contributed by atoms with Crippen LogP contribution in [0.4, 0.5) is 5.69 Å². The minimum atomic E-state index is 0.162. The molecule has 0 radical (unpaired) electrons. The summed E-state index contributed by atoms with van der Waals surface area (Å²) in [7, 11) is 3.51. The molecule has 1 rings (SSSR count). The van der Waals surface area contributed by atoms with Crippen LogP contribution in [0.5, 0.6) is 0 Å². The van der Waals surface area contributed by atoms with E-state index in [1.54, 1.807) is 12.0 Å². The topological polar surface area (TPSA) is 41.6 Å². The molecular weight excluding hydrogens is 228 g/mol. The molecular formula is C14H22N2O2. The molecule has 1 amide bonds. The van der Waals surface area contributed by atoms with E-state index in [1.165, 1.54) is 0 Å². The van der Waals surface area contributed by atoms with E-state index in [1.807, 2.05) is 37.4 Å². The van der Waals surface area contributed by atoms with Gasteiger partial charge in [0.25, 0.3) is 0 Å². The summed E-state index contributed by atoms with van der Waals surface area (Å²) in [4.78, 5) is 13.5. The molecule has 0 aliphatic heterocycles. The second-order valence-electron chi connectivity index (χ2n) is 4.20. The molecule has 1 N–H and O–H groups in total. The number of carbonyl (C=O) groups is 1. The van der Waals surface area contributed by atoms with E-state index >= 15 is 0 Å². The van der Waals surface area contributed by atoms with Crippen molar-refractivity contribution < 1.29 is 9.53 Å². The first-order chi connectivity index (χ1) is 8.74. The monoisotopic (exact) mass is 250 g/mol. The van der Waals surface area contributed by atoms with Crippen LogP contribution in [0, 0.1) is 0 Å². The standard InChI is InChI=1S/C14H22N2O2/c1-16(11-6-12-18-2)14(17)9-10-15-13-7-4-3-5-8-13/h3-5,7-8,15H,6,9-12H2,1-2H3. The number of rotatable bonds is 8. The molecule has 0 fully saturated rings. The van der Waals surface area contributed by atoms with Crippen molar-refractivity contribution in [1.29, 1.82) is 0 Å². The lowest BCUT2D eigenvalue weighted by molar-refractivity contribution is -0.129. The van der Waals surface area contributed by atoms with Crippen molar-refractivity contribution in [3.63, 3.8) is 0 Å². The van der Waals surface area contributed by atoms with Crippen molar-refractivity contribution in [2.45, 2.75) is 12.8 Å². The number of hydrogen-bond acceptors (Lipinski definition) is 3. The van der Waals surface area contributed by atoms with Gasteiger partial charge in [0.1, 0.15) is 0 Å². The van der Waals surface area contributed by atoms with Gasteiger partial charge in [-0.15, -0.1) is 0 Å². The van der Waals surface area contributed by atoms with Gasteiger partial charge in [-0.2, -0.15) is 0 Å². The molecule has 0 unspecified atom stereocenters. The number of anilines is 1. The van der Waals surface area contributed by atoms with E-state index in [0.29, 0.717) is 19.6 Å². The summed E-state index contributed by atoms with van der Waals surface area (Å²) < 4.78 is 4.96. The number of nitrogens with zero attached hydrogens (tertiary/aromatic N) is 1. The fourth-order valence-corrected chi connectivity index (χ4v) is 1.63. The first kappa shape index (κ1) is 14.5. The van der Waals surface area contributed by atoms with Crippen LogP contribution in [0.1, 0.15) is 12.8 Å². The summed E-state index contributed by atoms with van der Waals surface area (Å²) in [5.41, 5.74) is 1.05. The highest BCUT2D eigenvalue weighted by Gasteiger charge is 2.07. The normalized spacial score (nSPS) is 10.1. The molecule has 1 aromatic rings. The molecule has 4 nitrogen and oxygen atoms in total. The Bertz CT molecular complexity index is 341. The molecule has 0 saturated carbocycles. The van der Waals surface area contributed by atoms with Gasteiger partial charge in [0.15, 0.2) is 0 Å². The summed E-state index contributed by atoms with van der Waals surface area (Å²) >= 11 is 0. The maximum absolute atomic E-state index is 11.8. The molecule has 4 heteroatoms. The van der Waals surface area contributed by atoms with Crippen LogP contribution in [0.25, 0.3) is 0 Å². The minimum Gasteiger partial charge on any atom is -0.385 e. The second kappa shape index (κ2) is 8.53. The SMILES string of the molecule is COCCCN(C)C(=O)CCNc1ccccc1. The fraction of sp³-hybridized carbons (Fsp3) is 0.500. The van der Waals surface area contributed by atoms with Gasteiger partial charge in [0.2, 0.25) is 5.91 Å². The highest BCUT2D eigenvalue weighted by Crippen LogP contribution is 2.04. The first-order valence-corrected chi connectivity index (χ1v) is 6.26. The summed E-state index contributed by atoms with van der Waals surface area (Å²) in [6.45, 7) is 2.11. The third-order valence-electron chi connectivity index (χ3n) is 2.71. The molecule has 0 atom stereocenters. The van der Waals surface area contributed by atoms with Gasteiger partial charge in [-0.25, -0.2) is 0 Å². The van der Waals surface area contributed by atoms with Crippen molar-refractivity contribution >= 4 is 11.6 Å². The predicted octanol–water partition coefficient (Wildman–Crippen LogP) is 1.98. The van der Waals surface area contributed by atoms with Gasteiger partial charge >= 0.3 is 0 Å². The van der Waals surface area contributed by atoms with Crippen molar-refractivity contribution in [3.8, 4) is 0 Å². The minimum absolute atomic E-state index is 0.162. The maximum atomic E-state index is 11.8. The second-order valence-corrected chi connectivity index (χ2v) is 4.20. The Labute approximate surface area is 109 Å². The van der Waals surface area contributed by atoms with Crippen LogP contribution < -0.4 is 5.32 Å². The number of methoxy groups -OCH3 is 1. The Hall–Kier alpha value is -1.55. The summed E-state index contributed by atoms with van der Waals surface area (Å²) in [6, 6.07) is 9.90. The van der Waals surface area contributed by atoms with Crippen LogP contribution in [-0.4, -0.2) is 44.7 Å². The number of benzene rings is 1. The van der Waals surface area contributed by atoms with Gasteiger partial charge in [-0.05, 0) is 18.6 Å². The number of para-hydroxylation sites is 1. The number of nitrogens with one attached hydrogen (secondary N) is 1. The van der Waals surface area contributed by atoms with Crippen LogP contribution in [0.2, 0.25) is 0 Å². The zero-order chi connectivity index (χ0) is 13.2. The summed E-state index contributed by atoms with van der Waals surface area (Å²) in [5.74, 6) is 0.162. The molecule has 0 heterocycles. The first-order valence-electron chi connectivity index (χ1n) is 6.26. The van der Waals surface area contributed by atoms with E-state index in [-0.39, 0.29) is 5.91 Å². The van der Waals surface area contributed by atoms with E-state index in [0.717, 1.165) is 18.7 Å². The molecule has 0 saturated heterocycles. The average molecular weight is 250 g/mol. The van der Waals surface area contributed by atoms with Crippen LogP contribution in [-0.2, 0) is 9.53 Å². The lowest BCUT2D eigenvalue weighted by Gasteiger charge is -2.17. The highest BCUT2D eigenvalue weighted by molar-refractivity contribution is 5.76. The molecule has 0 aliphatic carbocycles. The Morgan fingerprint density at radius 1 is 1.33 bits per heavy atom. The quantitative estimate of drug-likeness (QED) is 0.717. The lowest BCUT2D eigenvalue weighted by Crippen LogP contribution is -2.29. The predicted molar refractivity (Wildman–Crippen MR) is 73.7 cm³/mol. The number of hydrogen-bond donors (Lipinski definition) is 1. The smallest absolute Gasteiger partial charge is 0.224 e. The fourth-order valence-electron chi connectivity index (χ4n) is 1.63. The Kier molecular flexibility index (Phi) is 6.87. The molecule has 0 bridgehead atoms. The average Bonchev–Trinajstić information content (AvgIpc) is 2.40. The number of carbonyl (C=O) groups excluding carboxylic acids is 1. The van der Waals surface area contributed by atoms with Crippen LogP contribution in [0.15, 0.2) is 30.3 Å². The third-order valence-corrected chi connectivity index (χ3v) is 2.71. The van der Waals surface area contributed by atoms with Gasteiger partial charge in [0, 0.05) is 46.0 Å². The van der Waals surface area contributed by atoms with Crippen LogP contribution >= 0.6 is 0 Å². The van der Waals surface area contributed by atoms with E-state index in [2.05, 4.69) is 5.32 Å². The van der Waals surface area contributed by atoms with Crippen molar-refractivity contribution in [2.75, 3.05) is 39.2 Å². The Morgan fingerprint density at radius 2 is 2.06 bits per heavy atom. The summed E-state index contributed by atoms with van der Waals surface area (Å²) in [5, 5.41) is 3.23. The molecule has 0 aliphatic rings. The molecule has 0 aromatic heterocycles. The zero-order valence-corrected chi connectivity index (χ0v) is 11.2. The van der Waals surface area contributed by atoms with Gasteiger partial charge < -0.3 is 15.0 Å². The molecule has 0 spiro atoms. The van der Waals surface area contributed by atoms with Crippen molar-refractivity contribution in [2.24, 2.45) is 0 Å². The Morgan fingerprint density at radius 3 is 2.72 bits per heavy atom. The van der Waals surface area contributed by atoms with Gasteiger partial charge in [-0.1, -0.05) is 18.2 Å². The summed E-state index contributed by atoms with van der Waals surface area (Å²) in [6.07, 6.45) is 1.39. The Balaban J connectivity index is 2.16. The maximum Gasteiger partial charge on any atom is 0.224 e. The van der Waals surface area contributed by atoms with Crippen molar-refractivity contribution in [1.82, 2.24) is 4.90 Å². The highest BCUT2D eigenvalue weighted by atomic mass is 16.5. The molecule has 18 heavy (non-hydrogen) atoms. The number of amides is 1. The molecule has 1 aromatic carbocycles. The van der Waals surface area contributed by atoms with E-state index in [4.69, 9.17) is 4.74 Å². The van der Waals surface area contributed by atoms with Crippen molar-refractivity contribution in [3.05, 3.63) is 30.3 Å². The third kappa shape index (κ3) is 5.68. The van der Waals surface area contributed by atoms with E-state index in [9.17, 15) is 4.79 Å². The van der Waals surface area contributed by atoms with Crippen LogP contribution in [0.3, 0.4) is 0 Å². The van der Waals surface area contributed by atoms with E-state index < -0.39 is 0 Å². The number of ether oxygens (including phenoxy) is 1. The van der Waals surface area contributed by atoms with Gasteiger partial charge in [0.05, 0.1) is 0 Å². The lowest BCUT2D eigenvalue weighted by atomic mass is 10.3. The zero-order valence-electron chi connectivity index (χ0n) is 11.2. The molecule has 100 valence electrons. The largest absolute Gasteiger partial charge is 0.385 e. The van der Waals surface area contributed by atoms with Gasteiger partial charge in [-0.3, -0.25) is 4.79 Å².